The fourth-order valence-electron chi connectivity index (χ4n) is 6.31. The number of carbonyl (C=O) groups is 3. The molecule has 3 unspecified atom stereocenters. The summed E-state index contributed by atoms with van der Waals surface area (Å²) in [6.45, 7) is 0.465. The predicted octanol–water partition coefficient (Wildman–Crippen LogP) is 3.30. The Labute approximate surface area is 253 Å². The van der Waals surface area contributed by atoms with Gasteiger partial charge in [0, 0.05) is 23.8 Å². The van der Waals surface area contributed by atoms with Crippen LogP contribution in [0.2, 0.25) is 0 Å². The summed E-state index contributed by atoms with van der Waals surface area (Å²) in [4.78, 5) is 51.0. The zero-order valence-electron chi connectivity index (χ0n) is 24.0. The number of methoxy groups -OCH3 is 2. The van der Waals surface area contributed by atoms with Gasteiger partial charge in [-0.2, -0.15) is 0 Å². The smallest absolute Gasteiger partial charge is 0.374 e. The molecular formula is C31H26O14. The van der Waals surface area contributed by atoms with Gasteiger partial charge in [0.25, 0.3) is 5.79 Å². The standard InChI is InChI=1S/C31H26O14/c1-39-16-9-15(32)21-22(24(16)34)26(36)28-14(23(21)33)10-31(45-28)11-18(42-19-5-3-4-6-41-19)13-7-12-8-17(29(37)40-2)43-30(38)20(12)25(35)27(13)44-31/h7-9,18-19,33,35-36H,3-6,10-11H2,1-2H3. The van der Waals surface area contributed by atoms with E-state index in [1.54, 1.807) is 0 Å². The molecule has 1 aromatic heterocycles. The van der Waals surface area contributed by atoms with Crippen molar-refractivity contribution >= 4 is 28.3 Å². The molecule has 1 spiro atoms. The first-order chi connectivity index (χ1) is 21.6. The molecule has 7 rings (SSSR count). The summed E-state index contributed by atoms with van der Waals surface area (Å²) in [6, 6.07) is 2.76. The van der Waals surface area contributed by atoms with Crippen LogP contribution in [-0.4, -0.2) is 65.8 Å². The Bertz CT molecular complexity index is 1910. The van der Waals surface area contributed by atoms with Gasteiger partial charge < -0.3 is 48.2 Å². The third-order valence-electron chi connectivity index (χ3n) is 8.39. The summed E-state index contributed by atoms with van der Waals surface area (Å²) in [7, 11) is 2.32. The van der Waals surface area contributed by atoms with Gasteiger partial charge in [-0.15, -0.1) is 0 Å². The number of benzene rings is 2. The highest BCUT2D eigenvalue weighted by molar-refractivity contribution is 6.26. The zero-order chi connectivity index (χ0) is 31.8. The lowest BCUT2D eigenvalue weighted by Gasteiger charge is -2.40. The lowest BCUT2D eigenvalue weighted by molar-refractivity contribution is -0.221. The molecule has 3 N–H and O–H groups in total. The Morgan fingerprint density at radius 2 is 1.76 bits per heavy atom. The van der Waals surface area contributed by atoms with E-state index in [-0.39, 0.29) is 52.2 Å². The zero-order valence-corrected chi connectivity index (χ0v) is 24.0. The summed E-state index contributed by atoms with van der Waals surface area (Å²) >= 11 is 0. The lowest BCUT2D eigenvalue weighted by atomic mass is 9.87. The number of phenolic OH excluding ortho intramolecular Hbond substituents is 3. The number of esters is 1. The average molecular weight is 623 g/mol. The molecule has 4 heterocycles. The first kappa shape index (κ1) is 28.7. The third kappa shape index (κ3) is 4.31. The lowest BCUT2D eigenvalue weighted by Crippen LogP contribution is -2.46. The number of phenols is 3. The number of aromatic hydroxyl groups is 3. The third-order valence-corrected chi connectivity index (χ3v) is 8.39. The second-order valence-corrected chi connectivity index (χ2v) is 11.1. The second-order valence-electron chi connectivity index (χ2n) is 11.1. The highest BCUT2D eigenvalue weighted by atomic mass is 16.7. The molecule has 4 aliphatic rings. The van der Waals surface area contributed by atoms with Crippen LogP contribution < -0.4 is 15.1 Å². The molecule has 3 aliphatic heterocycles. The maximum atomic E-state index is 13.0. The SMILES string of the molecule is COC(=O)c1cc2cc3c(c(O)c2c(=O)o1)OC1(Cc2c(O)c4c(c(O)c2O1)C(=O)C(OC)=CC4=O)CC3OC1CCCCO1. The molecule has 14 heteroatoms. The van der Waals surface area contributed by atoms with Gasteiger partial charge in [0.05, 0.1) is 44.3 Å². The van der Waals surface area contributed by atoms with Crippen LogP contribution in [0.3, 0.4) is 0 Å². The molecule has 3 atom stereocenters. The van der Waals surface area contributed by atoms with Crippen LogP contribution in [0.5, 0.6) is 28.7 Å². The fourth-order valence-corrected chi connectivity index (χ4v) is 6.31. The molecule has 3 aromatic rings. The highest BCUT2D eigenvalue weighted by Gasteiger charge is 2.53. The van der Waals surface area contributed by atoms with Crippen LogP contribution in [0.1, 0.15) is 74.2 Å². The largest absolute Gasteiger partial charge is 0.507 e. The quantitative estimate of drug-likeness (QED) is 0.283. The van der Waals surface area contributed by atoms with Crippen LogP contribution in [0.4, 0.5) is 0 Å². The van der Waals surface area contributed by atoms with E-state index in [1.807, 2.05) is 0 Å². The summed E-state index contributed by atoms with van der Waals surface area (Å²) in [5.74, 6) is -7.37. The monoisotopic (exact) mass is 622 g/mol. The number of allylic oxidation sites excluding steroid dienone is 2. The van der Waals surface area contributed by atoms with Gasteiger partial charge in [-0.1, -0.05) is 0 Å². The molecule has 0 bridgehead atoms. The number of carbonyl (C=O) groups excluding carboxylic acids is 3. The second kappa shape index (κ2) is 10.2. The Morgan fingerprint density at radius 3 is 2.47 bits per heavy atom. The van der Waals surface area contributed by atoms with Crippen molar-refractivity contribution in [1.82, 2.24) is 0 Å². The van der Waals surface area contributed by atoms with Crippen LogP contribution >= 0.6 is 0 Å². The Balaban J connectivity index is 1.36. The average Bonchev–Trinajstić information content (AvgIpc) is 3.40. The molecule has 1 aliphatic carbocycles. The van der Waals surface area contributed by atoms with E-state index < -0.39 is 69.7 Å². The van der Waals surface area contributed by atoms with E-state index in [4.69, 9.17) is 28.1 Å². The predicted molar refractivity (Wildman–Crippen MR) is 149 cm³/mol. The van der Waals surface area contributed by atoms with E-state index in [0.717, 1.165) is 26.0 Å². The van der Waals surface area contributed by atoms with Gasteiger partial charge in [0.15, 0.2) is 40.8 Å². The van der Waals surface area contributed by atoms with Crippen LogP contribution in [0.15, 0.2) is 33.2 Å². The normalized spacial score (nSPS) is 23.5. The van der Waals surface area contributed by atoms with Crippen molar-refractivity contribution in [3.05, 3.63) is 62.4 Å². The van der Waals surface area contributed by atoms with E-state index >= 15 is 0 Å². The van der Waals surface area contributed by atoms with Gasteiger partial charge in [-0.3, -0.25) is 9.59 Å². The van der Waals surface area contributed by atoms with Gasteiger partial charge >= 0.3 is 11.6 Å². The molecule has 2 aromatic carbocycles. The van der Waals surface area contributed by atoms with Crippen molar-refractivity contribution < 1.29 is 62.5 Å². The fraction of sp³-hybridized carbons (Fsp3) is 0.355. The Kier molecular flexibility index (Phi) is 6.53. The van der Waals surface area contributed by atoms with Crippen molar-refractivity contribution in [1.29, 1.82) is 0 Å². The minimum absolute atomic E-state index is 0.0136. The molecule has 0 radical (unpaired) electrons. The molecule has 1 fully saturated rings. The van der Waals surface area contributed by atoms with Crippen LogP contribution in [0.25, 0.3) is 10.8 Å². The maximum Gasteiger partial charge on any atom is 0.374 e. The molecule has 45 heavy (non-hydrogen) atoms. The molecule has 1 saturated heterocycles. The Hall–Kier alpha value is -5.08. The number of rotatable bonds is 4. The molecular weight excluding hydrogens is 596 g/mol. The van der Waals surface area contributed by atoms with E-state index in [2.05, 4.69) is 4.74 Å². The maximum absolute atomic E-state index is 13.0. The number of Topliss-reactive ketones (excluding diaryl/α,β-unsaturated/α-hetero) is 1. The minimum Gasteiger partial charge on any atom is -0.507 e. The minimum atomic E-state index is -1.76. The summed E-state index contributed by atoms with van der Waals surface area (Å²) < 4.78 is 39.3. The van der Waals surface area contributed by atoms with Gasteiger partial charge in [0.2, 0.25) is 11.5 Å². The van der Waals surface area contributed by atoms with Crippen molar-refractivity contribution in [3.63, 3.8) is 0 Å². The van der Waals surface area contributed by atoms with Crippen molar-refractivity contribution in [2.24, 2.45) is 0 Å². The van der Waals surface area contributed by atoms with Crippen molar-refractivity contribution in [2.75, 3.05) is 20.8 Å². The van der Waals surface area contributed by atoms with Crippen LogP contribution in [0, 0.1) is 0 Å². The van der Waals surface area contributed by atoms with Crippen molar-refractivity contribution in [2.45, 2.75) is 50.3 Å². The van der Waals surface area contributed by atoms with Gasteiger partial charge in [-0.25, -0.2) is 9.59 Å². The number of hydrogen-bond acceptors (Lipinski definition) is 14. The number of hydrogen-bond donors (Lipinski definition) is 3. The summed E-state index contributed by atoms with van der Waals surface area (Å²) in [6.07, 6.45) is 1.31. The molecule has 14 nitrogen and oxygen atoms in total. The highest BCUT2D eigenvalue weighted by Crippen LogP contribution is 2.57. The molecule has 234 valence electrons. The summed E-state index contributed by atoms with van der Waals surface area (Å²) in [5, 5.41) is 33.7. The number of ether oxygens (including phenoxy) is 6. The molecule has 0 saturated carbocycles. The van der Waals surface area contributed by atoms with E-state index in [9.17, 15) is 34.5 Å². The number of fused-ring (bicyclic) bond motifs is 4. The Morgan fingerprint density at radius 1 is 0.978 bits per heavy atom. The van der Waals surface area contributed by atoms with Gasteiger partial charge in [-0.05, 0) is 36.8 Å². The first-order valence-electron chi connectivity index (χ1n) is 14.1. The van der Waals surface area contributed by atoms with Crippen LogP contribution in [-0.2, 0) is 25.4 Å². The van der Waals surface area contributed by atoms with E-state index in [1.165, 1.54) is 19.2 Å². The summed E-state index contributed by atoms with van der Waals surface area (Å²) in [5.41, 5.74) is -1.65. The first-order valence-corrected chi connectivity index (χ1v) is 14.1. The topological polar surface area (TPSA) is 197 Å². The van der Waals surface area contributed by atoms with Gasteiger partial charge in [0.1, 0.15) is 11.1 Å². The van der Waals surface area contributed by atoms with Crippen molar-refractivity contribution in [3.8, 4) is 28.7 Å². The van der Waals surface area contributed by atoms with E-state index in [0.29, 0.717) is 18.6 Å². The number of ketones is 2. The molecule has 0 amide bonds.